The number of carbonyl (C=O) groups is 1. The summed E-state index contributed by atoms with van der Waals surface area (Å²) in [5.74, 6) is 1.66. The molecule has 3 unspecified atom stereocenters. The van der Waals surface area contributed by atoms with Gasteiger partial charge < -0.3 is 9.84 Å². The summed E-state index contributed by atoms with van der Waals surface area (Å²) in [6.07, 6.45) is 9.94. The van der Waals surface area contributed by atoms with E-state index in [0.717, 1.165) is 5.56 Å². The number of aromatic nitrogens is 3. The summed E-state index contributed by atoms with van der Waals surface area (Å²) in [5.41, 5.74) is -1.40. The van der Waals surface area contributed by atoms with Gasteiger partial charge in [-0.3, -0.25) is 9.48 Å². The lowest BCUT2D eigenvalue weighted by Crippen LogP contribution is -2.55. The quantitative estimate of drug-likeness (QED) is 0.608. The van der Waals surface area contributed by atoms with Crippen LogP contribution in [0, 0.1) is 23.7 Å². The molecule has 6 nitrogen and oxygen atoms in total. The minimum Gasteiger partial charge on any atom is -0.452 e. The second-order valence-corrected chi connectivity index (χ2v) is 7.63. The maximum absolute atomic E-state index is 12.8. The topological polar surface area (TPSA) is 77.2 Å². The number of terminal acetylenes is 1. The molecule has 0 bridgehead atoms. The summed E-state index contributed by atoms with van der Waals surface area (Å²) in [6, 6.07) is 7.51. The molecule has 1 aliphatic rings. The molecule has 142 valence electrons. The van der Waals surface area contributed by atoms with Gasteiger partial charge in [0.15, 0.2) is 6.61 Å². The number of hydrogen-bond acceptors (Lipinski definition) is 5. The number of esters is 1. The van der Waals surface area contributed by atoms with E-state index in [-0.39, 0.29) is 19.1 Å². The molecule has 0 radical (unpaired) electrons. The number of carbonyl (C=O) groups excluding carboxylic acids is 1. The number of halogens is 1. The van der Waals surface area contributed by atoms with E-state index in [1.807, 2.05) is 24.3 Å². The SMILES string of the molecule is C#CCOC(=O)C1(C)CCC(Cc2ccc(Cl)cc2)C1(O)Cn1cncn1. The van der Waals surface area contributed by atoms with Gasteiger partial charge in [0.2, 0.25) is 0 Å². The summed E-state index contributed by atoms with van der Waals surface area (Å²) in [6.45, 7) is 1.77. The lowest BCUT2D eigenvalue weighted by Gasteiger charge is -2.41. The highest BCUT2D eigenvalue weighted by atomic mass is 35.5. The monoisotopic (exact) mass is 387 g/mol. The highest BCUT2D eigenvalue weighted by molar-refractivity contribution is 6.30. The fourth-order valence-corrected chi connectivity index (χ4v) is 4.08. The molecule has 2 aromatic rings. The first-order chi connectivity index (χ1) is 12.9. The molecule has 1 saturated carbocycles. The van der Waals surface area contributed by atoms with Gasteiger partial charge in [-0.2, -0.15) is 5.10 Å². The molecule has 1 fully saturated rings. The van der Waals surface area contributed by atoms with Crippen LogP contribution in [0.15, 0.2) is 36.9 Å². The molecule has 1 heterocycles. The first-order valence-electron chi connectivity index (χ1n) is 8.79. The third-order valence-corrected chi connectivity index (χ3v) is 5.88. The normalized spacial score (nSPS) is 27.3. The zero-order valence-corrected chi connectivity index (χ0v) is 15.9. The average Bonchev–Trinajstić information content (AvgIpc) is 3.24. The van der Waals surface area contributed by atoms with Crippen LogP contribution in [0.5, 0.6) is 0 Å². The second kappa shape index (κ2) is 7.71. The predicted molar refractivity (Wildman–Crippen MR) is 101 cm³/mol. The van der Waals surface area contributed by atoms with Crippen molar-refractivity contribution in [1.29, 1.82) is 0 Å². The summed E-state index contributed by atoms with van der Waals surface area (Å²) < 4.78 is 6.76. The summed E-state index contributed by atoms with van der Waals surface area (Å²) in [5, 5.41) is 16.5. The molecule has 1 N–H and O–H groups in total. The van der Waals surface area contributed by atoms with E-state index in [2.05, 4.69) is 16.0 Å². The third kappa shape index (κ3) is 3.71. The maximum Gasteiger partial charge on any atom is 0.315 e. The molecule has 1 aliphatic carbocycles. The van der Waals surface area contributed by atoms with Gasteiger partial charge in [-0.15, -0.1) is 6.42 Å². The van der Waals surface area contributed by atoms with Crippen LogP contribution < -0.4 is 0 Å². The van der Waals surface area contributed by atoms with Crippen LogP contribution in [0.1, 0.15) is 25.3 Å². The van der Waals surface area contributed by atoms with Crippen LogP contribution in [0.25, 0.3) is 0 Å². The first-order valence-corrected chi connectivity index (χ1v) is 9.17. The molecule has 0 aliphatic heterocycles. The number of ether oxygens (including phenoxy) is 1. The van der Waals surface area contributed by atoms with Gasteiger partial charge in [0.1, 0.15) is 18.3 Å². The maximum atomic E-state index is 12.8. The summed E-state index contributed by atoms with van der Waals surface area (Å²) >= 11 is 5.97. The molecular weight excluding hydrogens is 366 g/mol. The number of nitrogens with zero attached hydrogens (tertiary/aromatic N) is 3. The van der Waals surface area contributed by atoms with E-state index in [4.69, 9.17) is 22.8 Å². The smallest absolute Gasteiger partial charge is 0.315 e. The van der Waals surface area contributed by atoms with E-state index in [1.165, 1.54) is 12.7 Å². The Bertz CT molecular complexity index is 831. The molecule has 0 amide bonds. The molecular formula is C20H22ClN3O3. The molecule has 3 atom stereocenters. The minimum absolute atomic E-state index is 0.115. The second-order valence-electron chi connectivity index (χ2n) is 7.20. The van der Waals surface area contributed by atoms with Crippen molar-refractivity contribution in [2.45, 2.75) is 38.3 Å². The summed E-state index contributed by atoms with van der Waals surface area (Å²) in [4.78, 5) is 16.7. The molecule has 1 aromatic carbocycles. The van der Waals surface area contributed by atoms with Gasteiger partial charge in [-0.25, -0.2) is 4.98 Å². The molecule has 27 heavy (non-hydrogen) atoms. The Labute approximate surface area is 163 Å². The third-order valence-electron chi connectivity index (χ3n) is 5.63. The standard InChI is InChI=1S/C20H22ClN3O3/c1-3-10-27-18(25)19(2)9-8-16(11-15-4-6-17(21)7-5-15)20(19,26)12-24-14-22-13-23-24/h1,4-7,13-14,16,26H,8-12H2,2H3. The largest absolute Gasteiger partial charge is 0.452 e. The minimum atomic E-state index is -1.36. The van der Waals surface area contributed by atoms with Crippen LogP contribution in [0.3, 0.4) is 0 Å². The molecule has 3 rings (SSSR count). The van der Waals surface area contributed by atoms with Crippen LogP contribution >= 0.6 is 11.6 Å². The Morgan fingerprint density at radius 3 is 2.85 bits per heavy atom. The van der Waals surface area contributed by atoms with Crippen LogP contribution in [-0.4, -0.2) is 38.0 Å². The summed E-state index contributed by atoms with van der Waals surface area (Å²) in [7, 11) is 0. The molecule has 1 aromatic heterocycles. The zero-order valence-electron chi connectivity index (χ0n) is 15.1. The fraction of sp³-hybridized carbons (Fsp3) is 0.450. The van der Waals surface area contributed by atoms with Gasteiger partial charge in [0.25, 0.3) is 0 Å². The Morgan fingerprint density at radius 1 is 1.48 bits per heavy atom. The van der Waals surface area contributed by atoms with Crippen molar-refractivity contribution in [2.24, 2.45) is 11.3 Å². The Balaban J connectivity index is 1.91. The molecule has 0 saturated heterocycles. The van der Waals surface area contributed by atoms with Gasteiger partial charge in [-0.05, 0) is 49.8 Å². The van der Waals surface area contributed by atoms with E-state index >= 15 is 0 Å². The van der Waals surface area contributed by atoms with Crippen molar-refractivity contribution >= 4 is 17.6 Å². The van der Waals surface area contributed by atoms with Crippen LogP contribution in [-0.2, 0) is 22.5 Å². The highest BCUT2D eigenvalue weighted by Gasteiger charge is 2.61. The van der Waals surface area contributed by atoms with E-state index < -0.39 is 17.0 Å². The Hall–Kier alpha value is -2.36. The lowest BCUT2D eigenvalue weighted by molar-refractivity contribution is -0.174. The van der Waals surface area contributed by atoms with Gasteiger partial charge >= 0.3 is 5.97 Å². The van der Waals surface area contributed by atoms with E-state index in [9.17, 15) is 9.90 Å². The number of rotatable bonds is 6. The molecule has 7 heteroatoms. The van der Waals surface area contributed by atoms with Gasteiger partial charge in [0, 0.05) is 5.02 Å². The van der Waals surface area contributed by atoms with E-state index in [1.54, 1.807) is 11.6 Å². The number of benzene rings is 1. The van der Waals surface area contributed by atoms with Crippen molar-refractivity contribution < 1.29 is 14.6 Å². The zero-order chi connectivity index (χ0) is 19.5. The first kappa shape index (κ1) is 19.4. The number of hydrogen-bond donors (Lipinski definition) is 1. The molecule has 0 spiro atoms. The highest BCUT2D eigenvalue weighted by Crippen LogP contribution is 2.52. The average molecular weight is 388 g/mol. The van der Waals surface area contributed by atoms with Crippen LogP contribution in [0.2, 0.25) is 5.02 Å². The van der Waals surface area contributed by atoms with Crippen molar-refractivity contribution in [2.75, 3.05) is 6.61 Å². The van der Waals surface area contributed by atoms with Crippen molar-refractivity contribution in [3.63, 3.8) is 0 Å². The Kier molecular flexibility index (Phi) is 5.54. The Morgan fingerprint density at radius 2 is 2.22 bits per heavy atom. The van der Waals surface area contributed by atoms with Gasteiger partial charge in [0.05, 0.1) is 12.0 Å². The van der Waals surface area contributed by atoms with E-state index in [0.29, 0.717) is 24.3 Å². The van der Waals surface area contributed by atoms with Gasteiger partial charge in [-0.1, -0.05) is 29.7 Å². The van der Waals surface area contributed by atoms with Crippen molar-refractivity contribution in [3.05, 3.63) is 47.5 Å². The van der Waals surface area contributed by atoms with Crippen molar-refractivity contribution in [3.8, 4) is 12.3 Å². The predicted octanol–water partition coefficient (Wildman–Crippen LogP) is 2.50. The number of aliphatic hydroxyl groups is 1. The van der Waals surface area contributed by atoms with Crippen LogP contribution in [0.4, 0.5) is 0 Å². The van der Waals surface area contributed by atoms with Crippen molar-refractivity contribution in [1.82, 2.24) is 14.8 Å². The fourth-order valence-electron chi connectivity index (χ4n) is 3.95. The lowest BCUT2D eigenvalue weighted by atomic mass is 9.71.